The van der Waals surface area contributed by atoms with Gasteiger partial charge in [0.1, 0.15) is 17.2 Å². The van der Waals surface area contributed by atoms with Crippen LogP contribution in [0.2, 0.25) is 0 Å². The molecule has 2 aromatic rings. The first-order chi connectivity index (χ1) is 13.1. The lowest BCUT2D eigenvalue weighted by atomic mass is 10.0. The molecular weight excluding hydrogens is 380 g/mol. The van der Waals surface area contributed by atoms with E-state index in [-0.39, 0.29) is 29.3 Å². The molecule has 1 atom stereocenters. The van der Waals surface area contributed by atoms with Crippen LogP contribution in [0.15, 0.2) is 47.4 Å². The molecule has 0 fully saturated rings. The molecule has 0 aliphatic carbocycles. The van der Waals surface area contributed by atoms with Gasteiger partial charge in [-0.3, -0.25) is 4.79 Å². The van der Waals surface area contributed by atoms with Gasteiger partial charge in [0.05, 0.1) is 11.0 Å². The summed E-state index contributed by atoms with van der Waals surface area (Å²) in [5, 5.41) is 9.06. The summed E-state index contributed by atoms with van der Waals surface area (Å²) in [5.41, 5.74) is 0.464. The monoisotopic (exact) mass is 406 g/mol. The van der Waals surface area contributed by atoms with Crippen molar-refractivity contribution in [1.82, 2.24) is 0 Å². The van der Waals surface area contributed by atoms with Gasteiger partial charge in [-0.2, -0.15) is 0 Å². The maximum absolute atomic E-state index is 12.5. The standard InChI is InChI=1S/C21H26O6S/c1-14(2)21(23)16-11-18(26-15(3)9-10-22)13-19(12-16)27-17-5-7-20(8-6-17)28(4,24)25/h5-8,11-15,22H,9-10H2,1-4H3/t15-/m0/s1. The average Bonchev–Trinajstić information content (AvgIpc) is 2.60. The van der Waals surface area contributed by atoms with E-state index in [4.69, 9.17) is 14.6 Å². The first-order valence-corrected chi connectivity index (χ1v) is 10.9. The van der Waals surface area contributed by atoms with Crippen LogP contribution < -0.4 is 9.47 Å². The molecule has 7 heteroatoms. The van der Waals surface area contributed by atoms with E-state index in [0.29, 0.717) is 29.2 Å². The van der Waals surface area contributed by atoms with Crippen molar-refractivity contribution in [3.05, 3.63) is 48.0 Å². The molecule has 0 aliphatic heterocycles. The van der Waals surface area contributed by atoms with Crippen LogP contribution in [0.25, 0.3) is 0 Å². The SMILES string of the molecule is CC(C)C(=O)c1cc(Oc2ccc(S(C)(=O)=O)cc2)cc(O[C@@H](C)CCO)c1. The number of carbonyl (C=O) groups is 1. The number of ether oxygens (including phenoxy) is 2. The summed E-state index contributed by atoms with van der Waals surface area (Å²) in [6.45, 7) is 5.46. The van der Waals surface area contributed by atoms with Crippen molar-refractivity contribution in [2.45, 2.75) is 38.2 Å². The summed E-state index contributed by atoms with van der Waals surface area (Å²) in [4.78, 5) is 12.6. The zero-order chi connectivity index (χ0) is 20.9. The number of carbonyl (C=O) groups excluding carboxylic acids is 1. The second kappa shape index (κ2) is 9.21. The summed E-state index contributed by atoms with van der Waals surface area (Å²) in [6.07, 6.45) is 1.38. The molecule has 0 bridgehead atoms. The zero-order valence-electron chi connectivity index (χ0n) is 16.5. The normalized spacial score (nSPS) is 12.6. The van der Waals surface area contributed by atoms with Gasteiger partial charge in [0.2, 0.25) is 0 Å². The summed E-state index contributed by atoms with van der Waals surface area (Å²) in [7, 11) is -3.29. The van der Waals surface area contributed by atoms with Crippen molar-refractivity contribution in [1.29, 1.82) is 0 Å². The number of hydrogen-bond acceptors (Lipinski definition) is 6. The molecule has 28 heavy (non-hydrogen) atoms. The van der Waals surface area contributed by atoms with Crippen molar-refractivity contribution in [2.24, 2.45) is 5.92 Å². The Bertz CT molecular complexity index is 916. The van der Waals surface area contributed by atoms with Crippen molar-refractivity contribution < 1.29 is 27.8 Å². The maximum atomic E-state index is 12.5. The zero-order valence-corrected chi connectivity index (χ0v) is 17.3. The summed E-state index contributed by atoms with van der Waals surface area (Å²) in [6, 6.07) is 11.0. The predicted octanol–water partition coefficient (Wildman–Crippen LogP) is 3.87. The van der Waals surface area contributed by atoms with Gasteiger partial charge in [0.25, 0.3) is 0 Å². The molecule has 2 aromatic carbocycles. The minimum atomic E-state index is -3.29. The van der Waals surface area contributed by atoms with Crippen LogP contribution in [-0.4, -0.2) is 38.3 Å². The second-order valence-corrected chi connectivity index (χ2v) is 9.01. The van der Waals surface area contributed by atoms with Crippen LogP contribution in [0, 0.1) is 5.92 Å². The van der Waals surface area contributed by atoms with Crippen LogP contribution in [0.3, 0.4) is 0 Å². The first-order valence-electron chi connectivity index (χ1n) is 9.05. The van der Waals surface area contributed by atoms with Gasteiger partial charge in [0.15, 0.2) is 15.6 Å². The Labute approximate surface area is 166 Å². The van der Waals surface area contributed by atoms with E-state index < -0.39 is 9.84 Å². The van der Waals surface area contributed by atoms with Crippen molar-refractivity contribution in [3.8, 4) is 17.2 Å². The minimum Gasteiger partial charge on any atom is -0.490 e. The van der Waals surface area contributed by atoms with E-state index in [1.807, 2.05) is 20.8 Å². The fraction of sp³-hybridized carbons (Fsp3) is 0.381. The number of benzene rings is 2. The third-order valence-corrected chi connectivity index (χ3v) is 5.18. The van der Waals surface area contributed by atoms with E-state index in [2.05, 4.69) is 0 Å². The van der Waals surface area contributed by atoms with E-state index in [9.17, 15) is 13.2 Å². The predicted molar refractivity (Wildman–Crippen MR) is 107 cm³/mol. The molecule has 0 aliphatic rings. The van der Waals surface area contributed by atoms with Crippen LogP contribution >= 0.6 is 0 Å². The molecule has 1 N–H and O–H groups in total. The lowest BCUT2D eigenvalue weighted by Gasteiger charge is -2.16. The largest absolute Gasteiger partial charge is 0.490 e. The fourth-order valence-electron chi connectivity index (χ4n) is 2.54. The van der Waals surface area contributed by atoms with Crippen LogP contribution in [0.1, 0.15) is 37.6 Å². The van der Waals surface area contributed by atoms with Gasteiger partial charge >= 0.3 is 0 Å². The smallest absolute Gasteiger partial charge is 0.175 e. The van der Waals surface area contributed by atoms with E-state index in [1.165, 1.54) is 12.1 Å². The molecule has 0 unspecified atom stereocenters. The van der Waals surface area contributed by atoms with Crippen LogP contribution in [0.5, 0.6) is 17.2 Å². The molecule has 0 amide bonds. The Morgan fingerprint density at radius 1 is 1.00 bits per heavy atom. The van der Waals surface area contributed by atoms with Gasteiger partial charge in [-0.25, -0.2) is 8.42 Å². The number of aliphatic hydroxyl groups excluding tert-OH is 1. The number of aliphatic hydroxyl groups is 1. The highest BCUT2D eigenvalue weighted by molar-refractivity contribution is 7.90. The molecule has 0 saturated heterocycles. The van der Waals surface area contributed by atoms with Gasteiger partial charge in [0, 0.05) is 36.8 Å². The molecule has 0 spiro atoms. The Kier molecular flexibility index (Phi) is 7.21. The number of ketones is 1. The van der Waals surface area contributed by atoms with Crippen molar-refractivity contribution in [2.75, 3.05) is 12.9 Å². The molecule has 0 saturated carbocycles. The summed E-state index contributed by atoms with van der Waals surface area (Å²) < 4.78 is 34.8. The van der Waals surface area contributed by atoms with Crippen LogP contribution in [-0.2, 0) is 9.84 Å². The van der Waals surface area contributed by atoms with Gasteiger partial charge in [-0.15, -0.1) is 0 Å². The van der Waals surface area contributed by atoms with Crippen molar-refractivity contribution in [3.63, 3.8) is 0 Å². The summed E-state index contributed by atoms with van der Waals surface area (Å²) in [5.74, 6) is 1.08. The van der Waals surface area contributed by atoms with Crippen LogP contribution in [0.4, 0.5) is 0 Å². The average molecular weight is 407 g/mol. The van der Waals surface area contributed by atoms with Gasteiger partial charge in [-0.1, -0.05) is 13.8 Å². The Hall–Kier alpha value is -2.38. The molecule has 152 valence electrons. The lowest BCUT2D eigenvalue weighted by Crippen LogP contribution is -2.14. The maximum Gasteiger partial charge on any atom is 0.175 e. The first kappa shape index (κ1) is 21.9. The molecular formula is C21H26O6S. The molecule has 0 aromatic heterocycles. The fourth-order valence-corrected chi connectivity index (χ4v) is 3.17. The van der Waals surface area contributed by atoms with E-state index in [1.54, 1.807) is 30.3 Å². The Balaban J connectivity index is 2.33. The molecule has 0 heterocycles. The second-order valence-electron chi connectivity index (χ2n) is 7.00. The number of rotatable bonds is 9. The third kappa shape index (κ3) is 6.07. The minimum absolute atomic E-state index is 0.00181. The highest BCUT2D eigenvalue weighted by Crippen LogP contribution is 2.30. The van der Waals surface area contributed by atoms with E-state index >= 15 is 0 Å². The highest BCUT2D eigenvalue weighted by atomic mass is 32.2. The number of hydrogen-bond donors (Lipinski definition) is 1. The van der Waals surface area contributed by atoms with Gasteiger partial charge in [-0.05, 0) is 43.3 Å². The van der Waals surface area contributed by atoms with E-state index in [0.717, 1.165) is 6.26 Å². The molecule has 0 radical (unpaired) electrons. The lowest BCUT2D eigenvalue weighted by molar-refractivity contribution is 0.0938. The summed E-state index contributed by atoms with van der Waals surface area (Å²) >= 11 is 0. The van der Waals surface area contributed by atoms with Crippen molar-refractivity contribution >= 4 is 15.6 Å². The quantitative estimate of drug-likeness (QED) is 0.636. The third-order valence-electron chi connectivity index (χ3n) is 4.05. The molecule has 2 rings (SSSR count). The number of sulfone groups is 1. The Morgan fingerprint density at radius 2 is 1.61 bits per heavy atom. The topological polar surface area (TPSA) is 89.9 Å². The molecule has 6 nitrogen and oxygen atoms in total. The Morgan fingerprint density at radius 3 is 2.14 bits per heavy atom. The highest BCUT2D eigenvalue weighted by Gasteiger charge is 2.15. The number of Topliss-reactive ketones (excluding diaryl/α,β-unsaturated/α-hetero) is 1. The van der Waals surface area contributed by atoms with Gasteiger partial charge < -0.3 is 14.6 Å².